The standard InChI is InChI=1S/C28H31N3O3/c1-27(2,3)18-12-15(13-19(23(18)32)28(4,5)6)21-17(14-29)25(30)34-24-16-10-8-9-11-20(16)31(7)26(33)22(21)24/h8-13,21,32H,30H2,1-7H3/t21-/m1/s1. The van der Waals surface area contributed by atoms with Crippen LogP contribution in [0.25, 0.3) is 10.9 Å². The van der Waals surface area contributed by atoms with Gasteiger partial charge >= 0.3 is 0 Å². The van der Waals surface area contributed by atoms with Gasteiger partial charge in [0.15, 0.2) is 0 Å². The Hall–Kier alpha value is -3.72. The van der Waals surface area contributed by atoms with E-state index >= 15 is 0 Å². The van der Waals surface area contributed by atoms with Gasteiger partial charge in [-0.3, -0.25) is 4.79 Å². The van der Waals surface area contributed by atoms with E-state index in [0.717, 1.165) is 27.6 Å². The van der Waals surface area contributed by atoms with Crippen LogP contribution in [0.3, 0.4) is 0 Å². The zero-order valence-corrected chi connectivity index (χ0v) is 20.8. The van der Waals surface area contributed by atoms with Crippen LogP contribution >= 0.6 is 0 Å². The Morgan fingerprint density at radius 2 is 1.62 bits per heavy atom. The van der Waals surface area contributed by atoms with Crippen LogP contribution in [-0.4, -0.2) is 9.67 Å². The number of hydrogen-bond donors (Lipinski definition) is 2. The summed E-state index contributed by atoms with van der Waals surface area (Å²) in [5.74, 6) is -0.123. The molecule has 0 saturated carbocycles. The summed E-state index contributed by atoms with van der Waals surface area (Å²) >= 11 is 0. The SMILES string of the molecule is Cn1c(=O)c2c(c3ccccc31)OC(N)=C(C#N)[C@H]2c1cc(C(C)(C)C)c(O)c(C(C)(C)C)c1. The van der Waals surface area contributed by atoms with E-state index in [1.54, 1.807) is 11.6 Å². The molecular formula is C28H31N3O3. The number of nitrogens with two attached hydrogens (primary N) is 1. The van der Waals surface area contributed by atoms with E-state index in [9.17, 15) is 15.2 Å². The normalized spacial score (nSPS) is 16.2. The van der Waals surface area contributed by atoms with Gasteiger partial charge in [0, 0.05) is 12.4 Å². The van der Waals surface area contributed by atoms with E-state index in [1.165, 1.54) is 0 Å². The molecule has 0 fully saturated rings. The topological polar surface area (TPSA) is 101 Å². The Kier molecular flexibility index (Phi) is 5.28. The third kappa shape index (κ3) is 3.52. The second-order valence-corrected chi connectivity index (χ2v) is 11.0. The van der Waals surface area contributed by atoms with Crippen LogP contribution < -0.4 is 16.0 Å². The number of benzene rings is 2. The molecule has 3 aromatic rings. The van der Waals surface area contributed by atoms with Crippen LogP contribution in [-0.2, 0) is 17.9 Å². The van der Waals surface area contributed by atoms with Crippen LogP contribution in [0.2, 0.25) is 0 Å². The van der Waals surface area contributed by atoms with Gasteiger partial charge in [0.2, 0.25) is 5.88 Å². The van der Waals surface area contributed by atoms with Crippen molar-refractivity contribution in [2.45, 2.75) is 58.3 Å². The molecule has 0 unspecified atom stereocenters. The third-order valence-electron chi connectivity index (χ3n) is 6.55. The van der Waals surface area contributed by atoms with Gasteiger partial charge in [-0.05, 0) is 39.7 Å². The van der Waals surface area contributed by atoms with Crippen molar-refractivity contribution < 1.29 is 9.84 Å². The minimum absolute atomic E-state index is 0.0129. The van der Waals surface area contributed by atoms with Crippen LogP contribution in [0.4, 0.5) is 0 Å². The average Bonchev–Trinajstić information content (AvgIpc) is 2.75. The first-order chi connectivity index (χ1) is 15.8. The minimum atomic E-state index is -0.722. The summed E-state index contributed by atoms with van der Waals surface area (Å²) in [6.45, 7) is 12.2. The summed E-state index contributed by atoms with van der Waals surface area (Å²) in [4.78, 5) is 13.7. The molecule has 34 heavy (non-hydrogen) atoms. The number of nitrogens with zero attached hydrogens (tertiary/aromatic N) is 2. The number of ether oxygens (including phenoxy) is 1. The highest BCUT2D eigenvalue weighted by Gasteiger charge is 2.37. The fourth-order valence-corrected chi connectivity index (χ4v) is 4.73. The zero-order chi connectivity index (χ0) is 25.2. The average molecular weight is 458 g/mol. The molecule has 3 N–H and O–H groups in total. The molecule has 6 nitrogen and oxygen atoms in total. The lowest BCUT2D eigenvalue weighted by atomic mass is 9.74. The van der Waals surface area contributed by atoms with Crippen molar-refractivity contribution in [3.8, 4) is 17.6 Å². The van der Waals surface area contributed by atoms with E-state index < -0.39 is 5.92 Å². The highest BCUT2D eigenvalue weighted by Crippen LogP contribution is 2.47. The molecule has 0 amide bonds. The van der Waals surface area contributed by atoms with E-state index in [2.05, 4.69) is 6.07 Å². The number of hydrogen-bond acceptors (Lipinski definition) is 5. The lowest BCUT2D eigenvalue weighted by Gasteiger charge is -2.32. The largest absolute Gasteiger partial charge is 0.507 e. The van der Waals surface area contributed by atoms with Crippen molar-refractivity contribution in [1.82, 2.24) is 4.57 Å². The predicted octanol–water partition coefficient (Wildman–Crippen LogP) is 5.06. The molecule has 0 aliphatic carbocycles. The Morgan fingerprint density at radius 3 is 2.15 bits per heavy atom. The Bertz CT molecular complexity index is 1420. The maximum Gasteiger partial charge on any atom is 0.258 e. The van der Waals surface area contributed by atoms with Crippen LogP contribution in [0, 0.1) is 11.3 Å². The predicted molar refractivity (Wildman–Crippen MR) is 134 cm³/mol. The molecule has 0 radical (unpaired) electrons. The van der Waals surface area contributed by atoms with E-state index in [-0.39, 0.29) is 33.6 Å². The van der Waals surface area contributed by atoms with Gasteiger partial charge in [0.25, 0.3) is 5.56 Å². The van der Waals surface area contributed by atoms with E-state index in [1.807, 2.05) is 77.9 Å². The van der Waals surface area contributed by atoms with Crippen molar-refractivity contribution in [3.63, 3.8) is 0 Å². The number of aromatic nitrogens is 1. The molecular weight excluding hydrogens is 426 g/mol. The molecule has 2 heterocycles. The molecule has 1 aromatic heterocycles. The van der Waals surface area contributed by atoms with Gasteiger partial charge in [-0.15, -0.1) is 0 Å². The van der Waals surface area contributed by atoms with Crippen molar-refractivity contribution in [2.24, 2.45) is 12.8 Å². The second-order valence-electron chi connectivity index (χ2n) is 11.0. The molecule has 0 saturated heterocycles. The highest BCUT2D eigenvalue weighted by atomic mass is 16.5. The van der Waals surface area contributed by atoms with E-state index in [0.29, 0.717) is 11.3 Å². The number of pyridine rings is 1. The van der Waals surface area contributed by atoms with Crippen molar-refractivity contribution >= 4 is 10.9 Å². The first-order valence-corrected chi connectivity index (χ1v) is 11.3. The monoisotopic (exact) mass is 457 g/mol. The summed E-state index contributed by atoms with van der Waals surface area (Å²) in [7, 11) is 1.72. The summed E-state index contributed by atoms with van der Waals surface area (Å²) in [6.07, 6.45) is 0. The fraction of sp³-hybridized carbons (Fsp3) is 0.357. The molecule has 0 spiro atoms. The second kappa shape index (κ2) is 7.66. The molecule has 176 valence electrons. The Labute approximate surface area is 199 Å². The summed E-state index contributed by atoms with van der Waals surface area (Å²) < 4.78 is 7.51. The molecule has 6 heteroatoms. The highest BCUT2D eigenvalue weighted by molar-refractivity contribution is 5.88. The lowest BCUT2D eigenvalue weighted by molar-refractivity contribution is 0.395. The number of phenols is 1. The minimum Gasteiger partial charge on any atom is -0.507 e. The Morgan fingerprint density at radius 1 is 1.06 bits per heavy atom. The number of aryl methyl sites for hydroxylation is 1. The summed E-state index contributed by atoms with van der Waals surface area (Å²) in [6, 6.07) is 13.4. The van der Waals surface area contributed by atoms with Crippen molar-refractivity contribution in [2.75, 3.05) is 0 Å². The quantitative estimate of drug-likeness (QED) is 0.532. The van der Waals surface area contributed by atoms with E-state index in [4.69, 9.17) is 10.5 Å². The number of phenolic OH excluding ortho intramolecular Hbond substituents is 1. The molecule has 2 aromatic carbocycles. The smallest absolute Gasteiger partial charge is 0.258 e. The first kappa shape index (κ1) is 23.4. The molecule has 1 aliphatic heterocycles. The van der Waals surface area contributed by atoms with Gasteiger partial charge < -0.3 is 20.1 Å². The summed E-state index contributed by atoms with van der Waals surface area (Å²) in [5, 5.41) is 22.0. The van der Waals surface area contributed by atoms with Gasteiger partial charge in [-0.1, -0.05) is 65.8 Å². The van der Waals surface area contributed by atoms with Gasteiger partial charge in [0.1, 0.15) is 23.1 Å². The fourth-order valence-electron chi connectivity index (χ4n) is 4.73. The Balaban J connectivity index is 2.16. The maximum atomic E-state index is 13.7. The molecule has 1 aliphatic rings. The van der Waals surface area contributed by atoms with Crippen molar-refractivity contribution in [3.05, 3.63) is 80.5 Å². The van der Waals surface area contributed by atoms with Crippen molar-refractivity contribution in [1.29, 1.82) is 5.26 Å². The number of fused-ring (bicyclic) bond motifs is 3. The molecule has 1 atom stereocenters. The third-order valence-corrected chi connectivity index (χ3v) is 6.55. The van der Waals surface area contributed by atoms with Gasteiger partial charge in [0.05, 0.1) is 17.0 Å². The number of aromatic hydroxyl groups is 1. The number of para-hydroxylation sites is 1. The zero-order valence-electron chi connectivity index (χ0n) is 20.8. The number of nitriles is 1. The summed E-state index contributed by atoms with van der Waals surface area (Å²) in [5.41, 5.74) is 8.77. The maximum absolute atomic E-state index is 13.7. The van der Waals surface area contributed by atoms with Crippen LogP contribution in [0.15, 0.2) is 52.6 Å². The lowest BCUT2D eigenvalue weighted by Crippen LogP contribution is -2.31. The van der Waals surface area contributed by atoms with Crippen LogP contribution in [0.5, 0.6) is 11.5 Å². The van der Waals surface area contributed by atoms with Gasteiger partial charge in [-0.25, -0.2) is 0 Å². The number of allylic oxidation sites excluding steroid dienone is 1. The van der Waals surface area contributed by atoms with Gasteiger partial charge in [-0.2, -0.15) is 5.26 Å². The van der Waals surface area contributed by atoms with Crippen LogP contribution in [0.1, 0.15) is 69.7 Å². The first-order valence-electron chi connectivity index (χ1n) is 11.3. The molecule has 0 bridgehead atoms. The number of rotatable bonds is 1. The molecule has 4 rings (SSSR count).